The molecule has 0 amide bonds. The molecular formula is C14H19N3O. The Bertz CT molecular complexity index is 525. The minimum absolute atomic E-state index is 0.0951. The van der Waals surface area contributed by atoms with Crippen molar-refractivity contribution in [2.45, 2.75) is 20.3 Å². The van der Waals surface area contributed by atoms with E-state index >= 15 is 0 Å². The second-order valence-electron chi connectivity index (χ2n) is 4.75. The van der Waals surface area contributed by atoms with Crippen LogP contribution in [0.1, 0.15) is 19.7 Å². The van der Waals surface area contributed by atoms with Crippen molar-refractivity contribution in [2.75, 3.05) is 18.5 Å². The van der Waals surface area contributed by atoms with E-state index in [1.54, 1.807) is 0 Å². The molecule has 0 fully saturated rings. The zero-order valence-corrected chi connectivity index (χ0v) is 10.8. The zero-order valence-electron chi connectivity index (χ0n) is 10.8. The quantitative estimate of drug-likeness (QED) is 0.848. The first-order valence-electron chi connectivity index (χ1n) is 6.31. The van der Waals surface area contributed by atoms with Crippen molar-refractivity contribution in [3.8, 4) is 0 Å². The number of aromatic nitrogens is 2. The predicted octanol–water partition coefficient (Wildman–Crippen LogP) is 2.23. The highest BCUT2D eigenvalue weighted by atomic mass is 16.3. The summed E-state index contributed by atoms with van der Waals surface area (Å²) in [4.78, 5) is 9.12. The van der Waals surface area contributed by atoms with E-state index in [0.29, 0.717) is 12.5 Å². The van der Waals surface area contributed by atoms with Crippen molar-refractivity contribution in [2.24, 2.45) is 5.92 Å². The minimum Gasteiger partial charge on any atom is -0.395 e. The van der Waals surface area contributed by atoms with E-state index in [4.69, 9.17) is 5.11 Å². The molecule has 0 saturated heterocycles. The van der Waals surface area contributed by atoms with E-state index in [9.17, 15) is 0 Å². The van der Waals surface area contributed by atoms with Gasteiger partial charge in [-0.3, -0.25) is 0 Å². The number of aliphatic hydroxyl groups excluding tert-OH is 1. The third kappa shape index (κ3) is 2.96. The van der Waals surface area contributed by atoms with Gasteiger partial charge in [0.25, 0.3) is 0 Å². The molecule has 0 unspecified atom stereocenters. The molecule has 96 valence electrons. The zero-order chi connectivity index (χ0) is 13.0. The molecule has 1 aromatic heterocycles. The average molecular weight is 245 g/mol. The maximum Gasteiger partial charge on any atom is 0.137 e. The minimum atomic E-state index is 0.0951. The molecular weight excluding hydrogens is 226 g/mol. The molecule has 0 spiro atoms. The fourth-order valence-electron chi connectivity index (χ4n) is 1.89. The van der Waals surface area contributed by atoms with Gasteiger partial charge in [-0.1, -0.05) is 26.0 Å². The highest BCUT2D eigenvalue weighted by Crippen LogP contribution is 2.20. The molecule has 0 aliphatic rings. The lowest BCUT2D eigenvalue weighted by Gasteiger charge is -2.11. The summed E-state index contributed by atoms with van der Waals surface area (Å²) < 4.78 is 0. The van der Waals surface area contributed by atoms with Gasteiger partial charge in [-0.25, -0.2) is 9.97 Å². The van der Waals surface area contributed by atoms with Crippen molar-refractivity contribution < 1.29 is 5.11 Å². The van der Waals surface area contributed by atoms with Crippen LogP contribution in [0.25, 0.3) is 10.9 Å². The molecule has 1 aromatic carbocycles. The van der Waals surface area contributed by atoms with Crippen LogP contribution in [0.3, 0.4) is 0 Å². The largest absolute Gasteiger partial charge is 0.395 e. The van der Waals surface area contributed by atoms with Gasteiger partial charge >= 0.3 is 0 Å². The predicted molar refractivity (Wildman–Crippen MR) is 73.7 cm³/mol. The summed E-state index contributed by atoms with van der Waals surface area (Å²) in [6.45, 7) is 4.90. The number of aliphatic hydroxyl groups is 1. The molecule has 1 heterocycles. The van der Waals surface area contributed by atoms with Crippen LogP contribution in [0.15, 0.2) is 24.3 Å². The number of fused-ring (bicyclic) bond motifs is 1. The number of benzene rings is 1. The Labute approximate surface area is 107 Å². The lowest BCUT2D eigenvalue weighted by molar-refractivity contribution is 0.311. The molecule has 4 heteroatoms. The summed E-state index contributed by atoms with van der Waals surface area (Å²) in [7, 11) is 0. The van der Waals surface area contributed by atoms with Crippen molar-refractivity contribution in [1.29, 1.82) is 0 Å². The van der Waals surface area contributed by atoms with Crippen molar-refractivity contribution in [3.63, 3.8) is 0 Å². The average Bonchev–Trinajstić information content (AvgIpc) is 2.35. The van der Waals surface area contributed by atoms with Gasteiger partial charge in [0.05, 0.1) is 12.1 Å². The number of hydrogen-bond acceptors (Lipinski definition) is 4. The normalized spacial score (nSPS) is 11.1. The second kappa shape index (κ2) is 5.78. The smallest absolute Gasteiger partial charge is 0.137 e. The summed E-state index contributed by atoms with van der Waals surface area (Å²) in [5, 5.41) is 13.1. The lowest BCUT2D eigenvalue weighted by atomic mass is 10.1. The Balaban J connectivity index is 2.43. The third-order valence-corrected chi connectivity index (χ3v) is 2.64. The first-order chi connectivity index (χ1) is 8.70. The lowest BCUT2D eigenvalue weighted by Crippen LogP contribution is -2.10. The van der Waals surface area contributed by atoms with Gasteiger partial charge < -0.3 is 10.4 Å². The summed E-state index contributed by atoms with van der Waals surface area (Å²) in [5.41, 5.74) is 0.948. The van der Waals surface area contributed by atoms with Crippen LogP contribution in [0.4, 0.5) is 5.82 Å². The van der Waals surface area contributed by atoms with Crippen LogP contribution in [-0.2, 0) is 6.42 Å². The van der Waals surface area contributed by atoms with Crippen molar-refractivity contribution >= 4 is 16.7 Å². The van der Waals surface area contributed by atoms with Gasteiger partial charge in [-0.05, 0) is 18.1 Å². The third-order valence-electron chi connectivity index (χ3n) is 2.64. The Morgan fingerprint density at radius 2 is 2.00 bits per heavy atom. The molecule has 0 atom stereocenters. The first-order valence-corrected chi connectivity index (χ1v) is 6.31. The molecule has 0 saturated carbocycles. The Morgan fingerprint density at radius 1 is 1.22 bits per heavy atom. The SMILES string of the molecule is CC(C)Cc1nc(NCCO)c2ccccc2n1. The number of nitrogens with one attached hydrogen (secondary N) is 1. The standard InChI is InChI=1S/C14H19N3O/c1-10(2)9-13-16-12-6-4-3-5-11(12)14(17-13)15-7-8-18/h3-6,10,18H,7-9H2,1-2H3,(H,15,16,17). The van der Waals surface area contributed by atoms with Crippen LogP contribution in [0.5, 0.6) is 0 Å². The summed E-state index contributed by atoms with van der Waals surface area (Å²) in [6, 6.07) is 7.93. The van der Waals surface area contributed by atoms with Crippen LogP contribution < -0.4 is 5.32 Å². The van der Waals surface area contributed by atoms with Crippen LogP contribution in [0.2, 0.25) is 0 Å². The second-order valence-corrected chi connectivity index (χ2v) is 4.75. The van der Waals surface area contributed by atoms with Gasteiger partial charge in [0.1, 0.15) is 11.6 Å². The molecule has 2 N–H and O–H groups in total. The molecule has 2 aromatic rings. The van der Waals surface area contributed by atoms with Crippen molar-refractivity contribution in [3.05, 3.63) is 30.1 Å². The highest BCUT2D eigenvalue weighted by Gasteiger charge is 2.08. The number of nitrogens with zero attached hydrogens (tertiary/aromatic N) is 2. The van der Waals surface area contributed by atoms with Crippen molar-refractivity contribution in [1.82, 2.24) is 9.97 Å². The van der Waals surface area contributed by atoms with E-state index < -0.39 is 0 Å². The first kappa shape index (κ1) is 12.8. The Hall–Kier alpha value is -1.68. The van der Waals surface area contributed by atoms with Gasteiger partial charge in [-0.15, -0.1) is 0 Å². The fraction of sp³-hybridized carbons (Fsp3) is 0.429. The number of rotatable bonds is 5. The van der Waals surface area contributed by atoms with E-state index in [-0.39, 0.29) is 6.61 Å². The molecule has 2 rings (SSSR count). The van der Waals surface area contributed by atoms with Crippen LogP contribution >= 0.6 is 0 Å². The maximum atomic E-state index is 8.91. The fourth-order valence-corrected chi connectivity index (χ4v) is 1.89. The van der Waals surface area contributed by atoms with E-state index in [0.717, 1.165) is 29.0 Å². The number of hydrogen-bond donors (Lipinski definition) is 2. The molecule has 0 aliphatic heterocycles. The van der Waals surface area contributed by atoms with Gasteiger partial charge in [-0.2, -0.15) is 0 Å². The number of anilines is 1. The van der Waals surface area contributed by atoms with Crippen LogP contribution in [0, 0.1) is 5.92 Å². The maximum absolute atomic E-state index is 8.91. The highest BCUT2D eigenvalue weighted by molar-refractivity contribution is 5.88. The summed E-state index contributed by atoms with van der Waals surface area (Å²) in [5.74, 6) is 2.19. The molecule has 4 nitrogen and oxygen atoms in total. The summed E-state index contributed by atoms with van der Waals surface area (Å²) >= 11 is 0. The van der Waals surface area contributed by atoms with E-state index in [1.165, 1.54) is 0 Å². The molecule has 18 heavy (non-hydrogen) atoms. The van der Waals surface area contributed by atoms with E-state index in [2.05, 4.69) is 29.1 Å². The number of para-hydroxylation sites is 1. The summed E-state index contributed by atoms with van der Waals surface area (Å²) in [6.07, 6.45) is 0.860. The van der Waals surface area contributed by atoms with Crippen LogP contribution in [-0.4, -0.2) is 28.2 Å². The molecule has 0 radical (unpaired) electrons. The monoisotopic (exact) mass is 245 g/mol. The molecule has 0 aliphatic carbocycles. The Kier molecular flexibility index (Phi) is 4.10. The topological polar surface area (TPSA) is 58.0 Å². The van der Waals surface area contributed by atoms with Gasteiger partial charge in [0, 0.05) is 18.4 Å². The van der Waals surface area contributed by atoms with Gasteiger partial charge in [0.2, 0.25) is 0 Å². The van der Waals surface area contributed by atoms with E-state index in [1.807, 2.05) is 24.3 Å². The van der Waals surface area contributed by atoms with Gasteiger partial charge in [0.15, 0.2) is 0 Å². The molecule has 0 bridgehead atoms. The Morgan fingerprint density at radius 3 is 2.72 bits per heavy atom.